The molecule has 266 valence electrons. The molecule has 2 aromatic carbocycles. The van der Waals surface area contributed by atoms with Crippen molar-refractivity contribution in [2.75, 3.05) is 42.1 Å². The summed E-state index contributed by atoms with van der Waals surface area (Å²) in [6, 6.07) is 10.4. The number of alkyl carbamates (subject to hydrolysis) is 1. The zero-order valence-corrected chi connectivity index (χ0v) is 29.5. The quantitative estimate of drug-likeness (QED) is 0.0759. The van der Waals surface area contributed by atoms with Crippen LogP contribution in [0.2, 0.25) is 0 Å². The van der Waals surface area contributed by atoms with Crippen molar-refractivity contribution in [2.45, 2.75) is 59.1 Å². The zero-order valence-electron chi connectivity index (χ0n) is 28.6. The van der Waals surface area contributed by atoms with Gasteiger partial charge in [0.05, 0.1) is 17.1 Å². The molecule has 0 spiro atoms. The Morgan fingerprint density at radius 2 is 1.76 bits per heavy atom. The van der Waals surface area contributed by atoms with Gasteiger partial charge in [0, 0.05) is 44.5 Å². The van der Waals surface area contributed by atoms with Gasteiger partial charge in [0.15, 0.2) is 0 Å². The Morgan fingerprint density at radius 3 is 2.33 bits per heavy atom. The number of aldehydes is 1. The number of allylic oxidation sites excluding steroid dienone is 1. The molecular weight excluding hydrogens is 657 g/mol. The molecule has 5 N–H and O–H groups in total. The molecule has 0 aromatic heterocycles. The first kappa shape index (κ1) is 38.5. The van der Waals surface area contributed by atoms with Crippen molar-refractivity contribution in [1.29, 1.82) is 0 Å². The first-order valence-electron chi connectivity index (χ1n) is 15.5. The van der Waals surface area contributed by atoms with E-state index in [1.807, 2.05) is 0 Å². The van der Waals surface area contributed by atoms with Gasteiger partial charge in [0.1, 0.15) is 29.1 Å². The summed E-state index contributed by atoms with van der Waals surface area (Å²) in [6.45, 7) is 8.11. The average Bonchev–Trinajstić information content (AvgIpc) is 3.83. The molecule has 0 atom stereocenters. The molecule has 49 heavy (non-hydrogen) atoms. The van der Waals surface area contributed by atoms with Gasteiger partial charge in [-0.05, 0) is 83.4 Å². The molecule has 14 nitrogen and oxygen atoms in total. The predicted molar refractivity (Wildman–Crippen MR) is 185 cm³/mol. The Hall–Kier alpha value is -4.96. The highest BCUT2D eigenvalue weighted by Gasteiger charge is 2.38. The fourth-order valence-corrected chi connectivity index (χ4v) is 5.48. The third kappa shape index (κ3) is 11.3. The lowest BCUT2D eigenvalue weighted by molar-refractivity contribution is -0.115. The van der Waals surface area contributed by atoms with Gasteiger partial charge in [0.2, 0.25) is 6.41 Å². The summed E-state index contributed by atoms with van der Waals surface area (Å²) in [5, 5.41) is 7.91. The van der Waals surface area contributed by atoms with Gasteiger partial charge in [-0.25, -0.2) is 9.18 Å². The summed E-state index contributed by atoms with van der Waals surface area (Å²) in [4.78, 5) is 53.2. The van der Waals surface area contributed by atoms with Crippen molar-refractivity contribution in [2.24, 2.45) is 0 Å². The number of benzene rings is 2. The highest BCUT2D eigenvalue weighted by Crippen LogP contribution is 2.36. The fourth-order valence-electron chi connectivity index (χ4n) is 4.60. The molecule has 1 aliphatic carbocycles. The van der Waals surface area contributed by atoms with E-state index in [1.165, 1.54) is 41.0 Å². The van der Waals surface area contributed by atoms with E-state index < -0.39 is 33.6 Å². The number of nitrogens with one attached hydrogen (secondary N) is 5. The van der Waals surface area contributed by atoms with Gasteiger partial charge in [-0.1, -0.05) is 12.1 Å². The minimum atomic E-state index is -4.11. The van der Waals surface area contributed by atoms with Crippen molar-refractivity contribution in [3.05, 3.63) is 76.5 Å². The van der Waals surface area contributed by atoms with Gasteiger partial charge in [0.25, 0.3) is 16.1 Å². The maximum atomic E-state index is 15.0. The van der Waals surface area contributed by atoms with Crippen LogP contribution in [-0.4, -0.2) is 76.8 Å². The molecule has 16 heteroatoms. The zero-order chi connectivity index (χ0) is 36.5. The number of hydrogen-bond donors (Lipinski definition) is 5. The summed E-state index contributed by atoms with van der Waals surface area (Å²) < 4.78 is 50.5. The van der Waals surface area contributed by atoms with Crippen molar-refractivity contribution in [1.82, 2.24) is 20.3 Å². The van der Waals surface area contributed by atoms with Crippen LogP contribution in [0.1, 0.15) is 46.1 Å². The molecule has 0 heterocycles. The highest BCUT2D eigenvalue weighted by atomic mass is 32.2. The molecule has 0 saturated heterocycles. The molecule has 0 radical (unpaired) electrons. The van der Waals surface area contributed by atoms with Crippen molar-refractivity contribution in [3.63, 3.8) is 0 Å². The van der Waals surface area contributed by atoms with Gasteiger partial charge >= 0.3 is 6.09 Å². The number of carbonyl (C=O) groups is 4. The Labute approximate surface area is 286 Å². The number of carbonyl (C=O) groups excluding carboxylic acids is 4. The number of nitrogens with zero attached hydrogens (tertiary/aromatic N) is 2. The van der Waals surface area contributed by atoms with E-state index >= 15 is 4.39 Å². The van der Waals surface area contributed by atoms with Gasteiger partial charge < -0.3 is 30.5 Å². The average molecular weight is 702 g/mol. The number of rotatable bonds is 16. The van der Waals surface area contributed by atoms with Crippen molar-refractivity contribution in [3.8, 4) is 0 Å². The predicted octanol–water partition coefficient (Wildman–Crippen LogP) is 3.50. The monoisotopic (exact) mass is 701 g/mol. The van der Waals surface area contributed by atoms with E-state index in [0.29, 0.717) is 36.8 Å². The summed E-state index contributed by atoms with van der Waals surface area (Å²) >= 11 is 0. The fraction of sp³-hybridized carbons (Fsp3) is 0.394. The van der Waals surface area contributed by atoms with E-state index in [1.54, 1.807) is 60.0 Å². The number of aryl methyl sites for hydroxylation is 1. The summed E-state index contributed by atoms with van der Waals surface area (Å²) in [5.41, 5.74) is 0.296. The minimum Gasteiger partial charge on any atom is -0.444 e. The van der Waals surface area contributed by atoms with Crippen LogP contribution in [0.3, 0.4) is 0 Å². The van der Waals surface area contributed by atoms with E-state index in [2.05, 4.69) is 25.4 Å². The van der Waals surface area contributed by atoms with Crippen LogP contribution in [-0.2, 0) is 29.3 Å². The maximum Gasteiger partial charge on any atom is 0.407 e. The second-order valence-electron chi connectivity index (χ2n) is 12.5. The smallest absolute Gasteiger partial charge is 0.407 e. The minimum absolute atomic E-state index is 0.0328. The van der Waals surface area contributed by atoms with Gasteiger partial charge in [-0.3, -0.25) is 19.1 Å². The third-order valence-electron chi connectivity index (χ3n) is 6.89. The maximum absolute atomic E-state index is 15.0. The Bertz CT molecular complexity index is 1730. The Balaban J connectivity index is 1.99. The van der Waals surface area contributed by atoms with Crippen LogP contribution in [0.5, 0.6) is 0 Å². The third-order valence-corrected chi connectivity index (χ3v) is 7.98. The largest absolute Gasteiger partial charge is 0.444 e. The lowest BCUT2D eigenvalue weighted by Gasteiger charge is -2.30. The molecule has 3 amide bonds. The molecule has 1 aliphatic rings. The van der Waals surface area contributed by atoms with E-state index in [9.17, 15) is 27.6 Å². The van der Waals surface area contributed by atoms with Crippen LogP contribution in [0, 0.1) is 12.7 Å². The Morgan fingerprint density at radius 1 is 1.06 bits per heavy atom. The molecule has 0 aliphatic heterocycles. The SMILES string of the molecule is C/C(C=O)=C(NC=O)/C(C(=O)N(c1cccc(NS(=O)(=O)NCCNC(=O)OC(C)(C)C)c1)C1CC1)=C(/Nc1ccc(C)cc1F)N(C)C. The van der Waals surface area contributed by atoms with Crippen LogP contribution in [0.25, 0.3) is 0 Å². The first-order valence-corrected chi connectivity index (χ1v) is 16.9. The summed E-state index contributed by atoms with van der Waals surface area (Å²) in [7, 11) is -0.877. The topological polar surface area (TPSA) is 178 Å². The molecule has 1 fully saturated rings. The highest BCUT2D eigenvalue weighted by molar-refractivity contribution is 7.90. The van der Waals surface area contributed by atoms with Crippen LogP contribution in [0.4, 0.5) is 26.2 Å². The number of halogens is 1. The van der Waals surface area contributed by atoms with E-state index in [0.717, 1.165) is 0 Å². The van der Waals surface area contributed by atoms with Crippen LogP contribution >= 0.6 is 0 Å². The summed E-state index contributed by atoms with van der Waals surface area (Å²) in [5.74, 6) is -1.13. The summed E-state index contributed by atoms with van der Waals surface area (Å²) in [6.07, 6.45) is 1.40. The van der Waals surface area contributed by atoms with Gasteiger partial charge in [-0.2, -0.15) is 13.1 Å². The van der Waals surface area contributed by atoms with E-state index in [-0.39, 0.29) is 53.2 Å². The van der Waals surface area contributed by atoms with Crippen LogP contribution < -0.4 is 30.3 Å². The molecule has 0 bridgehead atoms. The molecule has 0 unspecified atom stereocenters. The molecule has 2 aromatic rings. The molecule has 1 saturated carbocycles. The Kier molecular flexibility index (Phi) is 12.9. The van der Waals surface area contributed by atoms with Gasteiger partial charge in [-0.15, -0.1) is 0 Å². The first-order chi connectivity index (χ1) is 23.0. The number of anilines is 3. The lowest BCUT2D eigenvalue weighted by atomic mass is 10.0. The standard InChI is InChI=1S/C33H44FN7O7S/c1-21-11-14-27(26(34)17-21)38-30(40(6)7)28(29(36-20-43)22(2)19-42)31(44)41(24-12-13-24)25-10-8-9-23(18-25)39-49(46,47)37-16-15-35-32(45)48-33(3,4)5/h8-11,14,17-20,24,37-39H,12-13,15-16H2,1-7H3,(H,35,45)(H,36,43)/b29-22+,30-28+. The second kappa shape index (κ2) is 16.4. The lowest BCUT2D eigenvalue weighted by Crippen LogP contribution is -2.40. The molecular formula is C33H44FN7O7S. The number of amides is 3. The second-order valence-corrected chi connectivity index (χ2v) is 14.0. The van der Waals surface area contributed by atoms with E-state index in [4.69, 9.17) is 4.74 Å². The number of hydrogen-bond acceptors (Lipinski definition) is 9. The van der Waals surface area contributed by atoms with Crippen molar-refractivity contribution < 1.29 is 36.7 Å². The normalized spacial score (nSPS) is 14.0. The number of ether oxygens (including phenoxy) is 1. The molecule has 3 rings (SSSR count). The van der Waals surface area contributed by atoms with Crippen LogP contribution in [0.15, 0.2) is 65.1 Å². The van der Waals surface area contributed by atoms with Crippen molar-refractivity contribution >= 4 is 52.0 Å².